The van der Waals surface area contributed by atoms with Gasteiger partial charge < -0.3 is 10.6 Å². The molecule has 0 aliphatic heterocycles. The Kier molecular flexibility index (Phi) is 5.57. The van der Waals surface area contributed by atoms with Crippen LogP contribution >= 0.6 is 11.3 Å². The number of nitriles is 1. The van der Waals surface area contributed by atoms with Crippen LogP contribution in [0.25, 0.3) is 0 Å². The van der Waals surface area contributed by atoms with Crippen LogP contribution in [-0.4, -0.2) is 11.8 Å². The van der Waals surface area contributed by atoms with Crippen LogP contribution in [0.1, 0.15) is 42.3 Å². The summed E-state index contributed by atoms with van der Waals surface area (Å²) in [5, 5.41) is 15.6. The molecule has 6 heteroatoms. The number of benzene rings is 2. The normalized spacial score (nSPS) is 10.2. The lowest BCUT2D eigenvalue weighted by atomic mass is 10.1. The lowest BCUT2D eigenvalue weighted by Gasteiger charge is -2.09. The topological polar surface area (TPSA) is 82.0 Å². The number of carbonyl (C=O) groups is 2. The van der Waals surface area contributed by atoms with Crippen LogP contribution in [-0.2, 0) is 0 Å². The van der Waals surface area contributed by atoms with E-state index < -0.39 is 0 Å². The van der Waals surface area contributed by atoms with E-state index in [0.29, 0.717) is 26.6 Å². The van der Waals surface area contributed by atoms with Crippen molar-refractivity contribution in [2.45, 2.75) is 20.8 Å². The lowest BCUT2D eigenvalue weighted by Crippen LogP contribution is -2.12. The summed E-state index contributed by atoms with van der Waals surface area (Å²) in [7, 11) is 0. The smallest absolute Gasteiger partial charge is 0.266 e. The summed E-state index contributed by atoms with van der Waals surface area (Å²) in [4.78, 5) is 25.6. The zero-order valence-electron chi connectivity index (χ0n) is 15.8. The number of rotatable bonds is 4. The summed E-state index contributed by atoms with van der Waals surface area (Å²) in [6, 6.07) is 16.5. The first-order valence-corrected chi connectivity index (χ1v) is 9.51. The van der Waals surface area contributed by atoms with E-state index in [1.165, 1.54) is 0 Å². The van der Waals surface area contributed by atoms with Crippen molar-refractivity contribution in [1.29, 1.82) is 5.26 Å². The second-order valence-electron chi connectivity index (χ2n) is 6.39. The molecule has 140 valence electrons. The van der Waals surface area contributed by atoms with Gasteiger partial charge in [-0.15, -0.1) is 11.3 Å². The molecule has 0 radical (unpaired) electrons. The van der Waals surface area contributed by atoms with Crippen molar-refractivity contribution >= 4 is 33.8 Å². The molecule has 2 aromatic carbocycles. The standard InChI is InChI=1S/C22H19N3O2S/c1-13-8-7-11-18(14(13)2)24-21(27)19-15(3)17(12-23)22(28-19)25-20(26)16-9-5-4-6-10-16/h4-11H,1-3H3,(H,24,27)(H,25,26). The average Bonchev–Trinajstić information content (AvgIpc) is 3.01. The largest absolute Gasteiger partial charge is 0.321 e. The molecule has 5 nitrogen and oxygen atoms in total. The van der Waals surface area contributed by atoms with E-state index in [-0.39, 0.29) is 11.8 Å². The molecule has 0 fully saturated rings. The van der Waals surface area contributed by atoms with Gasteiger partial charge in [-0.3, -0.25) is 9.59 Å². The number of nitrogens with one attached hydrogen (secondary N) is 2. The molecule has 28 heavy (non-hydrogen) atoms. The van der Waals surface area contributed by atoms with Crippen molar-refractivity contribution in [1.82, 2.24) is 0 Å². The van der Waals surface area contributed by atoms with Crippen molar-refractivity contribution in [3.05, 3.63) is 81.2 Å². The second-order valence-corrected chi connectivity index (χ2v) is 7.41. The minimum Gasteiger partial charge on any atom is -0.321 e. The van der Waals surface area contributed by atoms with Gasteiger partial charge in [0.05, 0.1) is 10.4 Å². The number of nitrogens with zero attached hydrogens (tertiary/aromatic N) is 1. The van der Waals surface area contributed by atoms with Crippen LogP contribution in [0.4, 0.5) is 10.7 Å². The van der Waals surface area contributed by atoms with Gasteiger partial charge in [0.25, 0.3) is 11.8 Å². The number of hydrogen-bond acceptors (Lipinski definition) is 4. The number of aryl methyl sites for hydroxylation is 1. The van der Waals surface area contributed by atoms with Gasteiger partial charge in [-0.25, -0.2) is 0 Å². The Bertz CT molecular complexity index is 1090. The average molecular weight is 389 g/mol. The number of anilines is 2. The predicted octanol–water partition coefficient (Wildman–Crippen LogP) is 5.05. The predicted molar refractivity (Wildman–Crippen MR) is 112 cm³/mol. The molecule has 3 rings (SSSR count). The van der Waals surface area contributed by atoms with Crippen molar-refractivity contribution in [2.75, 3.05) is 10.6 Å². The summed E-state index contributed by atoms with van der Waals surface area (Å²) in [5.74, 6) is -0.618. The molecule has 0 atom stereocenters. The summed E-state index contributed by atoms with van der Waals surface area (Å²) in [6.07, 6.45) is 0. The maximum Gasteiger partial charge on any atom is 0.266 e. The highest BCUT2D eigenvalue weighted by atomic mass is 32.1. The minimum absolute atomic E-state index is 0.298. The Labute approximate surface area is 167 Å². The molecule has 3 aromatic rings. The van der Waals surface area contributed by atoms with Gasteiger partial charge in [-0.05, 0) is 55.7 Å². The molecule has 0 saturated carbocycles. The Morgan fingerprint density at radius 2 is 1.61 bits per heavy atom. The molecular weight excluding hydrogens is 370 g/mol. The quantitative estimate of drug-likeness (QED) is 0.655. The van der Waals surface area contributed by atoms with Crippen LogP contribution < -0.4 is 10.6 Å². The maximum absolute atomic E-state index is 12.8. The van der Waals surface area contributed by atoms with Gasteiger partial charge in [0.1, 0.15) is 11.1 Å². The zero-order valence-corrected chi connectivity index (χ0v) is 16.6. The van der Waals surface area contributed by atoms with E-state index in [4.69, 9.17) is 0 Å². The maximum atomic E-state index is 12.8. The van der Waals surface area contributed by atoms with Gasteiger partial charge in [-0.2, -0.15) is 5.26 Å². The molecule has 0 saturated heterocycles. The molecule has 0 spiro atoms. The van der Waals surface area contributed by atoms with Crippen LogP contribution in [0, 0.1) is 32.1 Å². The van der Waals surface area contributed by atoms with Gasteiger partial charge in [0, 0.05) is 11.3 Å². The van der Waals surface area contributed by atoms with Crippen LogP contribution in [0.3, 0.4) is 0 Å². The van der Waals surface area contributed by atoms with Gasteiger partial charge in [0.15, 0.2) is 0 Å². The minimum atomic E-state index is -0.320. The first-order valence-electron chi connectivity index (χ1n) is 8.69. The van der Waals surface area contributed by atoms with Crippen molar-refractivity contribution in [3.8, 4) is 6.07 Å². The first-order chi connectivity index (χ1) is 13.4. The van der Waals surface area contributed by atoms with Gasteiger partial charge >= 0.3 is 0 Å². The molecule has 1 aromatic heterocycles. The molecule has 0 bridgehead atoms. The van der Waals surface area contributed by atoms with Crippen LogP contribution in [0.2, 0.25) is 0 Å². The lowest BCUT2D eigenvalue weighted by molar-refractivity contribution is 0.102. The fraction of sp³-hybridized carbons (Fsp3) is 0.136. The van der Waals surface area contributed by atoms with E-state index in [1.807, 2.05) is 38.1 Å². The van der Waals surface area contributed by atoms with Crippen molar-refractivity contribution in [2.24, 2.45) is 0 Å². The van der Waals surface area contributed by atoms with E-state index >= 15 is 0 Å². The summed E-state index contributed by atoms with van der Waals surface area (Å²) < 4.78 is 0. The molecule has 0 aliphatic rings. The molecule has 2 N–H and O–H groups in total. The SMILES string of the molecule is Cc1cccc(NC(=O)c2sc(NC(=O)c3ccccc3)c(C#N)c2C)c1C. The fourth-order valence-electron chi connectivity index (χ4n) is 2.78. The summed E-state index contributed by atoms with van der Waals surface area (Å²) in [5.41, 5.74) is 4.14. The van der Waals surface area contributed by atoms with Crippen molar-refractivity contribution < 1.29 is 9.59 Å². The Morgan fingerprint density at radius 1 is 0.893 bits per heavy atom. The third kappa shape index (κ3) is 3.80. The van der Waals surface area contributed by atoms with E-state index in [2.05, 4.69) is 16.7 Å². The summed E-state index contributed by atoms with van der Waals surface area (Å²) in [6.45, 7) is 5.63. The molecule has 1 heterocycles. The number of amides is 2. The fourth-order valence-corrected chi connectivity index (χ4v) is 3.83. The molecular formula is C22H19N3O2S. The third-order valence-corrected chi connectivity index (χ3v) is 5.79. The van der Waals surface area contributed by atoms with E-state index in [0.717, 1.165) is 28.2 Å². The third-order valence-electron chi connectivity index (χ3n) is 4.58. The van der Waals surface area contributed by atoms with E-state index in [9.17, 15) is 14.9 Å². The van der Waals surface area contributed by atoms with Crippen LogP contribution in [0.15, 0.2) is 48.5 Å². The first kappa shape index (κ1) is 19.3. The Balaban J connectivity index is 1.89. The zero-order chi connectivity index (χ0) is 20.3. The Hall–Kier alpha value is -3.43. The number of thiophene rings is 1. The molecule has 0 unspecified atom stereocenters. The Morgan fingerprint density at radius 3 is 2.29 bits per heavy atom. The van der Waals surface area contributed by atoms with Gasteiger partial charge in [0.2, 0.25) is 0 Å². The monoisotopic (exact) mass is 389 g/mol. The van der Waals surface area contributed by atoms with Crippen LogP contribution in [0.5, 0.6) is 0 Å². The van der Waals surface area contributed by atoms with Gasteiger partial charge in [-0.1, -0.05) is 30.3 Å². The molecule has 2 amide bonds. The molecule has 0 aliphatic carbocycles. The number of hydrogen-bond donors (Lipinski definition) is 2. The summed E-state index contributed by atoms with van der Waals surface area (Å²) >= 11 is 1.10. The second kappa shape index (κ2) is 8.07. The highest BCUT2D eigenvalue weighted by molar-refractivity contribution is 7.18. The highest BCUT2D eigenvalue weighted by Gasteiger charge is 2.22. The van der Waals surface area contributed by atoms with Crippen molar-refractivity contribution in [3.63, 3.8) is 0 Å². The van der Waals surface area contributed by atoms with E-state index in [1.54, 1.807) is 31.2 Å². The highest BCUT2D eigenvalue weighted by Crippen LogP contribution is 2.33. The number of carbonyl (C=O) groups excluding carboxylic acids is 2.